The summed E-state index contributed by atoms with van der Waals surface area (Å²) in [7, 11) is 0. The normalized spacial score (nSPS) is 16.0. The molecule has 104 valence electrons. The number of hydrogen-bond donors (Lipinski definition) is 1. The number of carbonyl (C=O) groups is 2. The Kier molecular flexibility index (Phi) is 4.54. The van der Waals surface area contributed by atoms with Crippen LogP contribution in [0.1, 0.15) is 30.9 Å². The van der Waals surface area contributed by atoms with Gasteiger partial charge in [-0.1, -0.05) is 37.0 Å². The van der Waals surface area contributed by atoms with Gasteiger partial charge in [0.1, 0.15) is 0 Å². The predicted molar refractivity (Wildman–Crippen MR) is 76.3 cm³/mol. The first-order valence-corrected chi connectivity index (χ1v) is 6.72. The molecule has 4 nitrogen and oxygen atoms in total. The van der Waals surface area contributed by atoms with Gasteiger partial charge in [0, 0.05) is 18.4 Å². The van der Waals surface area contributed by atoms with E-state index in [4.69, 9.17) is 5.73 Å². The number of rotatable bonds is 2. The van der Waals surface area contributed by atoms with Gasteiger partial charge >= 0.3 is 0 Å². The molecule has 2 rings (SSSR count). The van der Waals surface area contributed by atoms with Gasteiger partial charge in [-0.3, -0.25) is 14.5 Å². The number of nitrogens with two attached hydrogens (primary N) is 1. The number of imide groups is 1. The molecule has 0 saturated carbocycles. The SMILES string of the molecule is CC1CC(=O)N(Cc2ccccc2C#CCN)C(=O)C1. The second-order valence-electron chi connectivity index (χ2n) is 5.05. The fourth-order valence-electron chi connectivity index (χ4n) is 2.30. The molecule has 0 bridgehead atoms. The highest BCUT2D eigenvalue weighted by Crippen LogP contribution is 2.21. The fraction of sp³-hybridized carbons (Fsp3) is 0.375. The molecule has 0 aromatic heterocycles. The van der Waals surface area contributed by atoms with Gasteiger partial charge in [-0.15, -0.1) is 0 Å². The van der Waals surface area contributed by atoms with Crippen LogP contribution in [0.15, 0.2) is 24.3 Å². The van der Waals surface area contributed by atoms with Crippen LogP contribution in [-0.4, -0.2) is 23.3 Å². The zero-order valence-corrected chi connectivity index (χ0v) is 11.6. The van der Waals surface area contributed by atoms with E-state index >= 15 is 0 Å². The summed E-state index contributed by atoms with van der Waals surface area (Å²) in [6.07, 6.45) is 0.866. The summed E-state index contributed by atoms with van der Waals surface area (Å²) in [5.74, 6) is 5.71. The molecular weight excluding hydrogens is 252 g/mol. The van der Waals surface area contributed by atoms with E-state index < -0.39 is 0 Å². The minimum absolute atomic E-state index is 0.102. The van der Waals surface area contributed by atoms with Crippen LogP contribution in [0.3, 0.4) is 0 Å². The zero-order chi connectivity index (χ0) is 14.5. The van der Waals surface area contributed by atoms with Gasteiger partial charge in [0.2, 0.25) is 11.8 Å². The number of nitrogens with zero attached hydrogens (tertiary/aromatic N) is 1. The lowest BCUT2D eigenvalue weighted by molar-refractivity contribution is -0.150. The second kappa shape index (κ2) is 6.36. The van der Waals surface area contributed by atoms with Crippen LogP contribution in [-0.2, 0) is 16.1 Å². The van der Waals surface area contributed by atoms with Crippen molar-refractivity contribution in [2.24, 2.45) is 11.7 Å². The molecule has 1 heterocycles. The van der Waals surface area contributed by atoms with E-state index in [2.05, 4.69) is 11.8 Å². The standard InChI is InChI=1S/C16H18N2O2/c1-12-9-15(19)18(16(20)10-12)11-14-6-3-2-5-13(14)7-4-8-17/h2-3,5-6,12H,8-11,17H2,1H3. The van der Waals surface area contributed by atoms with E-state index in [-0.39, 0.29) is 24.3 Å². The van der Waals surface area contributed by atoms with Crippen LogP contribution >= 0.6 is 0 Å². The van der Waals surface area contributed by atoms with Crippen molar-refractivity contribution in [1.82, 2.24) is 4.90 Å². The molecule has 1 fully saturated rings. The number of benzene rings is 1. The lowest BCUT2D eigenvalue weighted by Gasteiger charge is -2.28. The first-order valence-electron chi connectivity index (χ1n) is 6.72. The van der Waals surface area contributed by atoms with Crippen molar-refractivity contribution in [3.05, 3.63) is 35.4 Å². The third-order valence-corrected chi connectivity index (χ3v) is 3.32. The van der Waals surface area contributed by atoms with Crippen molar-refractivity contribution in [3.8, 4) is 11.8 Å². The van der Waals surface area contributed by atoms with Gasteiger partial charge in [0.25, 0.3) is 0 Å². The summed E-state index contributed by atoms with van der Waals surface area (Å²) in [4.78, 5) is 25.3. The van der Waals surface area contributed by atoms with Gasteiger partial charge < -0.3 is 5.73 Å². The molecule has 1 aliphatic rings. The van der Waals surface area contributed by atoms with Crippen LogP contribution in [0.25, 0.3) is 0 Å². The van der Waals surface area contributed by atoms with E-state index in [1.54, 1.807) is 0 Å². The summed E-state index contributed by atoms with van der Waals surface area (Å²) in [6, 6.07) is 7.52. The first-order chi connectivity index (χ1) is 9.61. The van der Waals surface area contributed by atoms with E-state index in [1.165, 1.54) is 4.90 Å². The molecular formula is C16H18N2O2. The van der Waals surface area contributed by atoms with Crippen LogP contribution < -0.4 is 5.73 Å². The summed E-state index contributed by atoms with van der Waals surface area (Å²) in [5, 5.41) is 0. The number of amides is 2. The number of hydrogen-bond acceptors (Lipinski definition) is 3. The Hall–Kier alpha value is -2.12. The molecule has 0 spiro atoms. The molecule has 1 aromatic carbocycles. The van der Waals surface area contributed by atoms with Crippen molar-refractivity contribution >= 4 is 11.8 Å². The second-order valence-corrected chi connectivity index (χ2v) is 5.05. The monoisotopic (exact) mass is 270 g/mol. The minimum atomic E-state index is -0.102. The molecule has 2 N–H and O–H groups in total. The van der Waals surface area contributed by atoms with Gasteiger partial charge in [0.15, 0.2) is 0 Å². The Morgan fingerprint density at radius 3 is 2.55 bits per heavy atom. The van der Waals surface area contributed by atoms with Crippen molar-refractivity contribution in [2.45, 2.75) is 26.3 Å². The van der Waals surface area contributed by atoms with Gasteiger partial charge in [0.05, 0.1) is 13.1 Å². The molecule has 0 radical (unpaired) electrons. The average molecular weight is 270 g/mol. The molecule has 2 amide bonds. The highest BCUT2D eigenvalue weighted by atomic mass is 16.2. The molecule has 0 aliphatic carbocycles. The Morgan fingerprint density at radius 1 is 1.25 bits per heavy atom. The molecule has 1 aliphatic heterocycles. The van der Waals surface area contributed by atoms with Crippen LogP contribution in [0.4, 0.5) is 0 Å². The largest absolute Gasteiger partial charge is 0.320 e. The highest BCUT2D eigenvalue weighted by Gasteiger charge is 2.30. The Labute approximate surface area is 118 Å². The number of carbonyl (C=O) groups excluding carboxylic acids is 2. The van der Waals surface area contributed by atoms with E-state index in [0.29, 0.717) is 19.4 Å². The minimum Gasteiger partial charge on any atom is -0.320 e. The van der Waals surface area contributed by atoms with Gasteiger partial charge in [-0.25, -0.2) is 0 Å². The molecule has 1 saturated heterocycles. The van der Waals surface area contributed by atoms with E-state index in [9.17, 15) is 9.59 Å². The van der Waals surface area contributed by atoms with Gasteiger partial charge in [-0.05, 0) is 17.5 Å². The van der Waals surface area contributed by atoms with Crippen LogP contribution in [0.2, 0.25) is 0 Å². The zero-order valence-electron chi connectivity index (χ0n) is 11.6. The van der Waals surface area contributed by atoms with Gasteiger partial charge in [-0.2, -0.15) is 0 Å². The Balaban J connectivity index is 2.21. The lowest BCUT2D eigenvalue weighted by atomic mass is 9.97. The van der Waals surface area contributed by atoms with Crippen molar-refractivity contribution in [1.29, 1.82) is 0 Å². The molecule has 4 heteroatoms. The summed E-state index contributed by atoms with van der Waals surface area (Å²) in [5.41, 5.74) is 7.07. The maximum atomic E-state index is 12.0. The van der Waals surface area contributed by atoms with E-state index in [1.807, 2.05) is 31.2 Å². The third kappa shape index (κ3) is 3.25. The molecule has 20 heavy (non-hydrogen) atoms. The maximum Gasteiger partial charge on any atom is 0.229 e. The molecule has 0 unspecified atom stereocenters. The van der Waals surface area contributed by atoms with Crippen molar-refractivity contribution in [2.75, 3.05) is 6.54 Å². The summed E-state index contributed by atoms with van der Waals surface area (Å²) >= 11 is 0. The summed E-state index contributed by atoms with van der Waals surface area (Å²) in [6.45, 7) is 2.50. The quantitative estimate of drug-likeness (QED) is 0.650. The predicted octanol–water partition coefficient (Wildman–Crippen LogP) is 1.28. The van der Waals surface area contributed by atoms with E-state index in [0.717, 1.165) is 11.1 Å². The summed E-state index contributed by atoms with van der Waals surface area (Å²) < 4.78 is 0. The van der Waals surface area contributed by atoms with Crippen molar-refractivity contribution < 1.29 is 9.59 Å². The van der Waals surface area contributed by atoms with Crippen LogP contribution in [0.5, 0.6) is 0 Å². The molecule has 1 aromatic rings. The number of likely N-dealkylation sites (tertiary alicyclic amines) is 1. The Bertz CT molecular complexity index is 566. The fourth-order valence-corrected chi connectivity index (χ4v) is 2.30. The average Bonchev–Trinajstić information content (AvgIpc) is 2.41. The van der Waals surface area contributed by atoms with Crippen LogP contribution in [0, 0.1) is 17.8 Å². The van der Waals surface area contributed by atoms with Crippen molar-refractivity contribution in [3.63, 3.8) is 0 Å². The number of piperidine rings is 1. The lowest BCUT2D eigenvalue weighted by Crippen LogP contribution is -2.42. The highest BCUT2D eigenvalue weighted by molar-refractivity contribution is 5.97. The maximum absolute atomic E-state index is 12.0. The molecule has 0 atom stereocenters. The first kappa shape index (κ1) is 14.3. The Morgan fingerprint density at radius 2 is 1.90 bits per heavy atom. The third-order valence-electron chi connectivity index (χ3n) is 3.32. The topological polar surface area (TPSA) is 63.4 Å². The smallest absolute Gasteiger partial charge is 0.229 e.